The van der Waals surface area contributed by atoms with Gasteiger partial charge in [0.1, 0.15) is 18.2 Å². The van der Waals surface area contributed by atoms with Crippen molar-refractivity contribution >= 4 is 23.7 Å². The molecule has 0 spiro atoms. The third kappa shape index (κ3) is 10.2. The molecule has 0 bridgehead atoms. The van der Waals surface area contributed by atoms with Crippen molar-refractivity contribution in [3.63, 3.8) is 0 Å². The molecule has 1 aromatic carbocycles. The van der Waals surface area contributed by atoms with Crippen molar-refractivity contribution in [2.45, 2.75) is 36.9 Å². The van der Waals surface area contributed by atoms with Crippen molar-refractivity contribution in [2.75, 3.05) is 53.3 Å². The van der Waals surface area contributed by atoms with Gasteiger partial charge < -0.3 is 34.9 Å². The highest BCUT2D eigenvalue weighted by Crippen LogP contribution is 2.28. The second-order valence-electron chi connectivity index (χ2n) is 8.26. The average molecular weight is 526 g/mol. The number of hydrogen-bond acceptors (Lipinski definition) is 7. The summed E-state index contributed by atoms with van der Waals surface area (Å²) in [6, 6.07) is 3.71. The van der Waals surface area contributed by atoms with E-state index in [1.807, 2.05) is 6.92 Å². The zero-order valence-corrected chi connectivity index (χ0v) is 21.8. The molecule has 200 valence electrons. The standard InChI is InChI=1S/C25H36FN3O6S/c1-5-9-33-11-13-35-14-12-34-10-8-22(36-24-17(2)16-27-25(31)29-24)23(30)28-18(3)20-7-6-19(32-4)15-21(20)26/h1,6-7,15,17-18,22,24H,8-14,16H2,2-4H3,(H,28,30)(H2,27,29,31)/t17?,18-,22-,24?/m1/s1. The molecule has 0 aromatic heterocycles. The lowest BCUT2D eigenvalue weighted by Crippen LogP contribution is -2.53. The summed E-state index contributed by atoms with van der Waals surface area (Å²) in [5, 5.41) is 7.76. The summed E-state index contributed by atoms with van der Waals surface area (Å²) in [6.07, 6.45) is 5.51. The lowest BCUT2D eigenvalue weighted by molar-refractivity contribution is -0.121. The molecule has 2 unspecified atom stereocenters. The van der Waals surface area contributed by atoms with Crippen LogP contribution in [0.1, 0.15) is 31.9 Å². The Morgan fingerprint density at radius 2 is 1.94 bits per heavy atom. The molecule has 0 radical (unpaired) electrons. The van der Waals surface area contributed by atoms with E-state index < -0.39 is 17.1 Å². The fraction of sp³-hybridized carbons (Fsp3) is 0.600. The molecular weight excluding hydrogens is 489 g/mol. The van der Waals surface area contributed by atoms with E-state index in [-0.39, 0.29) is 29.8 Å². The van der Waals surface area contributed by atoms with Crippen LogP contribution in [0.2, 0.25) is 0 Å². The van der Waals surface area contributed by atoms with Gasteiger partial charge in [-0.1, -0.05) is 18.9 Å². The number of urea groups is 1. The predicted octanol–water partition coefficient (Wildman–Crippen LogP) is 2.46. The Morgan fingerprint density at radius 1 is 1.25 bits per heavy atom. The summed E-state index contributed by atoms with van der Waals surface area (Å²) < 4.78 is 35.7. The molecule has 1 saturated heterocycles. The van der Waals surface area contributed by atoms with Gasteiger partial charge >= 0.3 is 6.03 Å². The van der Waals surface area contributed by atoms with E-state index in [0.717, 1.165) is 0 Å². The van der Waals surface area contributed by atoms with Crippen molar-refractivity contribution in [1.82, 2.24) is 16.0 Å². The van der Waals surface area contributed by atoms with E-state index in [4.69, 9.17) is 25.4 Å². The van der Waals surface area contributed by atoms with E-state index in [1.54, 1.807) is 19.1 Å². The van der Waals surface area contributed by atoms with Gasteiger partial charge in [-0.25, -0.2) is 9.18 Å². The Labute approximate surface area is 216 Å². The van der Waals surface area contributed by atoms with E-state index in [2.05, 4.69) is 21.9 Å². The van der Waals surface area contributed by atoms with Crippen LogP contribution < -0.4 is 20.7 Å². The number of benzene rings is 1. The SMILES string of the molecule is C#CCOCCOCCOCC[C@@H](SC1NC(=O)NCC1C)C(=O)N[C@H](C)c1ccc(OC)cc1F. The Bertz CT molecular complexity index is 884. The number of methoxy groups -OCH3 is 1. The molecule has 1 aliphatic rings. The van der Waals surface area contributed by atoms with Crippen molar-refractivity contribution in [3.05, 3.63) is 29.6 Å². The minimum Gasteiger partial charge on any atom is -0.497 e. The number of hydrogen-bond donors (Lipinski definition) is 3. The van der Waals surface area contributed by atoms with Crippen LogP contribution >= 0.6 is 11.8 Å². The molecule has 1 fully saturated rings. The van der Waals surface area contributed by atoms with Gasteiger partial charge in [-0.2, -0.15) is 0 Å². The van der Waals surface area contributed by atoms with Gasteiger partial charge in [-0.05, 0) is 19.4 Å². The van der Waals surface area contributed by atoms with Gasteiger partial charge in [0.2, 0.25) is 5.91 Å². The Kier molecular flexibility index (Phi) is 13.4. The predicted molar refractivity (Wildman–Crippen MR) is 136 cm³/mol. The van der Waals surface area contributed by atoms with Crippen LogP contribution in [0, 0.1) is 24.1 Å². The van der Waals surface area contributed by atoms with Crippen molar-refractivity contribution in [3.8, 4) is 18.1 Å². The van der Waals surface area contributed by atoms with Crippen molar-refractivity contribution in [2.24, 2.45) is 5.92 Å². The number of carbonyl (C=O) groups is 2. The summed E-state index contributed by atoms with van der Waals surface area (Å²) in [4.78, 5) is 25.0. The molecule has 4 atom stereocenters. The fourth-order valence-electron chi connectivity index (χ4n) is 3.42. The molecule has 1 aliphatic heterocycles. The monoisotopic (exact) mass is 525 g/mol. The summed E-state index contributed by atoms with van der Waals surface area (Å²) in [6.45, 7) is 6.39. The Balaban J connectivity index is 1.90. The van der Waals surface area contributed by atoms with Crippen LogP contribution in [0.25, 0.3) is 0 Å². The third-order valence-electron chi connectivity index (χ3n) is 5.46. The fourth-order valence-corrected chi connectivity index (χ4v) is 4.74. The maximum absolute atomic E-state index is 14.5. The van der Waals surface area contributed by atoms with Crippen LogP contribution in [-0.2, 0) is 19.0 Å². The zero-order chi connectivity index (χ0) is 26.3. The molecule has 9 nitrogen and oxygen atoms in total. The van der Waals surface area contributed by atoms with Crippen LogP contribution in [0.5, 0.6) is 5.75 Å². The second-order valence-corrected chi connectivity index (χ2v) is 9.61. The summed E-state index contributed by atoms with van der Waals surface area (Å²) in [7, 11) is 1.46. The number of halogens is 1. The van der Waals surface area contributed by atoms with Gasteiger partial charge in [0.05, 0.1) is 50.2 Å². The number of rotatable bonds is 16. The first kappa shape index (κ1) is 29.7. The minimum absolute atomic E-state index is 0.116. The van der Waals surface area contributed by atoms with Crippen LogP contribution in [0.3, 0.4) is 0 Å². The number of carbonyl (C=O) groups excluding carboxylic acids is 2. The van der Waals surface area contributed by atoms with Crippen LogP contribution in [0.4, 0.5) is 9.18 Å². The smallest absolute Gasteiger partial charge is 0.315 e. The van der Waals surface area contributed by atoms with E-state index in [0.29, 0.717) is 57.3 Å². The summed E-state index contributed by atoms with van der Waals surface area (Å²) in [5.74, 6) is 2.18. The molecular formula is C25H36FN3O6S. The van der Waals surface area contributed by atoms with Crippen molar-refractivity contribution < 1.29 is 32.9 Å². The molecule has 3 amide bonds. The average Bonchev–Trinajstić information content (AvgIpc) is 2.86. The molecule has 3 N–H and O–H groups in total. The highest BCUT2D eigenvalue weighted by molar-refractivity contribution is 8.01. The van der Waals surface area contributed by atoms with E-state index >= 15 is 0 Å². The maximum Gasteiger partial charge on any atom is 0.315 e. The summed E-state index contributed by atoms with van der Waals surface area (Å²) in [5.41, 5.74) is 0.357. The molecule has 36 heavy (non-hydrogen) atoms. The first-order valence-electron chi connectivity index (χ1n) is 11.9. The third-order valence-corrected chi connectivity index (χ3v) is 7.12. The largest absolute Gasteiger partial charge is 0.497 e. The normalized spacial score (nSPS) is 18.9. The number of ether oxygens (including phenoxy) is 4. The number of thioether (sulfide) groups is 1. The lowest BCUT2D eigenvalue weighted by Gasteiger charge is -2.32. The first-order chi connectivity index (χ1) is 17.3. The first-order valence-corrected chi connectivity index (χ1v) is 12.8. The highest BCUT2D eigenvalue weighted by atomic mass is 32.2. The van der Waals surface area contributed by atoms with E-state index in [9.17, 15) is 14.0 Å². The number of nitrogens with one attached hydrogen (secondary N) is 3. The molecule has 0 aliphatic carbocycles. The van der Waals surface area contributed by atoms with Gasteiger partial charge in [-0.3, -0.25) is 4.79 Å². The minimum atomic E-state index is -0.558. The number of terminal acetylenes is 1. The quantitative estimate of drug-likeness (QED) is 0.225. The van der Waals surface area contributed by atoms with E-state index in [1.165, 1.54) is 24.9 Å². The van der Waals surface area contributed by atoms with Crippen molar-refractivity contribution in [1.29, 1.82) is 0 Å². The number of amides is 3. The molecule has 11 heteroatoms. The topological polar surface area (TPSA) is 107 Å². The Hall–Kier alpha value is -2.52. The highest BCUT2D eigenvalue weighted by Gasteiger charge is 2.31. The molecule has 2 rings (SSSR count). The van der Waals surface area contributed by atoms with Gasteiger partial charge in [0, 0.05) is 30.7 Å². The Morgan fingerprint density at radius 3 is 2.61 bits per heavy atom. The van der Waals surface area contributed by atoms with Crippen LogP contribution in [0.15, 0.2) is 18.2 Å². The molecule has 0 saturated carbocycles. The van der Waals surface area contributed by atoms with Crippen LogP contribution in [-0.4, -0.2) is 75.9 Å². The van der Waals surface area contributed by atoms with Gasteiger partial charge in [-0.15, -0.1) is 18.2 Å². The van der Waals surface area contributed by atoms with Gasteiger partial charge in [0.15, 0.2) is 0 Å². The lowest BCUT2D eigenvalue weighted by atomic mass is 10.1. The maximum atomic E-state index is 14.5. The summed E-state index contributed by atoms with van der Waals surface area (Å²) >= 11 is 1.37. The molecule has 1 heterocycles. The zero-order valence-electron chi connectivity index (χ0n) is 21.0. The second kappa shape index (κ2) is 16.3. The molecule has 1 aromatic rings. The van der Waals surface area contributed by atoms with Gasteiger partial charge in [0.25, 0.3) is 0 Å².